The van der Waals surface area contributed by atoms with Gasteiger partial charge in [-0.15, -0.1) is 0 Å². The molecule has 4 rings (SSSR count). The molecule has 0 radical (unpaired) electrons. The van der Waals surface area contributed by atoms with Crippen molar-refractivity contribution in [1.82, 2.24) is 0 Å². The third-order valence-electron chi connectivity index (χ3n) is 6.71. The molecule has 1 saturated carbocycles. The van der Waals surface area contributed by atoms with Crippen LogP contribution in [0.25, 0.3) is 11.1 Å². The third-order valence-corrected chi connectivity index (χ3v) is 6.71. The van der Waals surface area contributed by atoms with Crippen molar-refractivity contribution in [3.8, 4) is 28.4 Å². The Labute approximate surface area is 207 Å². The molecule has 0 N–H and O–H groups in total. The van der Waals surface area contributed by atoms with Crippen molar-refractivity contribution in [1.29, 1.82) is 0 Å². The summed E-state index contributed by atoms with van der Waals surface area (Å²) in [5, 5.41) is 0. The van der Waals surface area contributed by atoms with Gasteiger partial charge in [0, 0.05) is 5.56 Å². The molecule has 0 heterocycles. The van der Waals surface area contributed by atoms with Crippen LogP contribution < -0.4 is 14.2 Å². The largest absolute Gasteiger partial charge is 0.519 e. The van der Waals surface area contributed by atoms with E-state index in [0.717, 1.165) is 29.9 Å². The minimum atomic E-state index is -0.842. The molecule has 1 aliphatic rings. The van der Waals surface area contributed by atoms with Gasteiger partial charge < -0.3 is 14.2 Å². The standard InChI is InChI=1S/C30H33FO4/c1-3-5-21-6-8-22(9-7-21)24-12-19-28(29(31)20-24)23-10-13-26(14-11-23)34-30(32)35-27-17-15-25(16-18-27)33-4-2/h10-22H,3-9H2,1-2H3/t21-,22-. The van der Waals surface area contributed by atoms with Crippen molar-refractivity contribution in [3.05, 3.63) is 78.1 Å². The van der Waals surface area contributed by atoms with Crippen molar-refractivity contribution in [2.45, 2.75) is 58.3 Å². The van der Waals surface area contributed by atoms with Crippen LogP contribution in [0, 0.1) is 11.7 Å². The predicted octanol–water partition coefficient (Wildman–Crippen LogP) is 8.54. The molecule has 0 spiro atoms. The number of carbonyl (C=O) groups is 1. The highest BCUT2D eigenvalue weighted by Gasteiger charge is 2.22. The maximum absolute atomic E-state index is 15.0. The zero-order chi connectivity index (χ0) is 24.6. The highest BCUT2D eigenvalue weighted by atomic mass is 19.1. The predicted molar refractivity (Wildman–Crippen MR) is 136 cm³/mol. The number of hydrogen-bond donors (Lipinski definition) is 0. The monoisotopic (exact) mass is 476 g/mol. The molecule has 0 bridgehead atoms. The molecule has 0 atom stereocenters. The van der Waals surface area contributed by atoms with Crippen molar-refractivity contribution < 1.29 is 23.4 Å². The maximum Gasteiger partial charge on any atom is 0.519 e. The summed E-state index contributed by atoms with van der Waals surface area (Å²) in [6.45, 7) is 4.70. The van der Waals surface area contributed by atoms with Crippen LogP contribution in [-0.4, -0.2) is 12.8 Å². The molecule has 0 amide bonds. The lowest BCUT2D eigenvalue weighted by Gasteiger charge is -2.28. The second kappa shape index (κ2) is 11.9. The summed E-state index contributed by atoms with van der Waals surface area (Å²) < 4.78 is 30.8. The summed E-state index contributed by atoms with van der Waals surface area (Å²) in [5.74, 6) is 2.44. The molecule has 35 heavy (non-hydrogen) atoms. The van der Waals surface area contributed by atoms with Crippen molar-refractivity contribution in [3.63, 3.8) is 0 Å². The molecular formula is C30H33FO4. The van der Waals surface area contributed by atoms with Gasteiger partial charge in [0.05, 0.1) is 6.61 Å². The quantitative estimate of drug-likeness (QED) is 0.241. The first-order valence-corrected chi connectivity index (χ1v) is 12.6. The van der Waals surface area contributed by atoms with Gasteiger partial charge in [-0.2, -0.15) is 0 Å². The smallest absolute Gasteiger partial charge is 0.494 e. The number of hydrogen-bond acceptors (Lipinski definition) is 4. The average Bonchev–Trinajstić information content (AvgIpc) is 2.87. The lowest BCUT2D eigenvalue weighted by molar-refractivity contribution is 0.152. The molecule has 0 aliphatic heterocycles. The Morgan fingerprint density at radius 3 is 2.00 bits per heavy atom. The minimum Gasteiger partial charge on any atom is -0.494 e. The topological polar surface area (TPSA) is 44.8 Å². The number of benzene rings is 3. The van der Waals surface area contributed by atoms with Gasteiger partial charge in [-0.25, -0.2) is 9.18 Å². The van der Waals surface area contributed by atoms with Crippen molar-refractivity contribution >= 4 is 6.16 Å². The summed E-state index contributed by atoms with van der Waals surface area (Å²) in [4.78, 5) is 12.1. The molecule has 3 aromatic carbocycles. The zero-order valence-electron chi connectivity index (χ0n) is 20.5. The molecule has 0 saturated heterocycles. The van der Waals surface area contributed by atoms with Gasteiger partial charge in [-0.05, 0) is 98.0 Å². The van der Waals surface area contributed by atoms with Crippen LogP contribution in [0.2, 0.25) is 0 Å². The second-order valence-electron chi connectivity index (χ2n) is 9.13. The van der Waals surface area contributed by atoms with Gasteiger partial charge in [-0.1, -0.05) is 44.0 Å². The highest BCUT2D eigenvalue weighted by molar-refractivity contribution is 5.69. The van der Waals surface area contributed by atoms with Gasteiger partial charge in [0.1, 0.15) is 23.1 Å². The first-order chi connectivity index (χ1) is 17.1. The lowest BCUT2D eigenvalue weighted by Crippen LogP contribution is -2.13. The van der Waals surface area contributed by atoms with Crippen molar-refractivity contribution in [2.24, 2.45) is 5.92 Å². The summed E-state index contributed by atoms with van der Waals surface area (Å²) in [6.07, 6.45) is 6.47. The SMILES string of the molecule is CCC[C@H]1CC[C@H](c2ccc(-c3ccc(OC(=O)Oc4ccc(OCC)cc4)cc3)c(F)c2)CC1. The molecular weight excluding hydrogens is 443 g/mol. The van der Waals surface area contributed by atoms with Gasteiger partial charge in [-0.3, -0.25) is 0 Å². The van der Waals surface area contributed by atoms with Crippen LogP contribution >= 0.6 is 0 Å². The first-order valence-electron chi connectivity index (χ1n) is 12.6. The fourth-order valence-electron chi connectivity index (χ4n) is 4.90. The van der Waals surface area contributed by atoms with Gasteiger partial charge in [0.15, 0.2) is 0 Å². The number of carbonyl (C=O) groups excluding carboxylic acids is 1. The van der Waals surface area contributed by atoms with E-state index < -0.39 is 6.16 Å². The van der Waals surface area contributed by atoms with E-state index in [1.165, 1.54) is 25.7 Å². The number of ether oxygens (including phenoxy) is 3. The Morgan fingerprint density at radius 2 is 1.43 bits per heavy atom. The van der Waals surface area contributed by atoms with Crippen LogP contribution in [0.3, 0.4) is 0 Å². The van der Waals surface area contributed by atoms with Crippen LogP contribution in [-0.2, 0) is 0 Å². The molecule has 4 nitrogen and oxygen atoms in total. The van der Waals surface area contributed by atoms with E-state index in [9.17, 15) is 4.79 Å². The summed E-state index contributed by atoms with van der Waals surface area (Å²) >= 11 is 0. The van der Waals surface area contributed by atoms with Crippen LogP contribution in [0.15, 0.2) is 66.7 Å². The fourth-order valence-corrected chi connectivity index (χ4v) is 4.90. The van der Waals surface area contributed by atoms with E-state index in [0.29, 0.717) is 35.3 Å². The Kier molecular flexibility index (Phi) is 8.40. The van der Waals surface area contributed by atoms with Gasteiger partial charge in [0.2, 0.25) is 0 Å². The first kappa shape index (κ1) is 24.8. The van der Waals surface area contributed by atoms with E-state index in [-0.39, 0.29) is 5.82 Å². The van der Waals surface area contributed by atoms with E-state index >= 15 is 4.39 Å². The van der Waals surface area contributed by atoms with E-state index in [4.69, 9.17) is 14.2 Å². The molecule has 184 valence electrons. The normalized spacial score (nSPS) is 17.6. The van der Waals surface area contributed by atoms with Gasteiger partial charge >= 0.3 is 6.16 Å². The van der Waals surface area contributed by atoms with Gasteiger partial charge in [0.25, 0.3) is 0 Å². The highest BCUT2D eigenvalue weighted by Crippen LogP contribution is 2.38. The third kappa shape index (κ3) is 6.62. The number of halogens is 1. The Bertz CT molecular complexity index is 1100. The van der Waals surface area contributed by atoms with Crippen LogP contribution in [0.4, 0.5) is 9.18 Å². The molecule has 5 heteroatoms. The van der Waals surface area contributed by atoms with Crippen molar-refractivity contribution in [2.75, 3.05) is 6.61 Å². The Balaban J connectivity index is 1.34. The minimum absolute atomic E-state index is 0.221. The summed E-state index contributed by atoms with van der Waals surface area (Å²) in [5.41, 5.74) is 2.36. The van der Waals surface area contributed by atoms with E-state index in [2.05, 4.69) is 13.0 Å². The number of rotatable bonds is 8. The second-order valence-corrected chi connectivity index (χ2v) is 9.13. The molecule has 3 aromatic rings. The van der Waals surface area contributed by atoms with E-state index in [1.807, 2.05) is 13.0 Å². The van der Waals surface area contributed by atoms with Crippen LogP contribution in [0.5, 0.6) is 17.2 Å². The maximum atomic E-state index is 15.0. The molecule has 0 aromatic heterocycles. The van der Waals surface area contributed by atoms with E-state index in [1.54, 1.807) is 54.6 Å². The molecule has 1 fully saturated rings. The zero-order valence-corrected chi connectivity index (χ0v) is 20.5. The van der Waals surface area contributed by atoms with Crippen LogP contribution in [0.1, 0.15) is 63.9 Å². The Morgan fingerprint density at radius 1 is 0.829 bits per heavy atom. The Hall–Kier alpha value is -3.34. The summed E-state index contributed by atoms with van der Waals surface area (Å²) in [6, 6.07) is 19.1. The molecule has 1 aliphatic carbocycles. The fraction of sp³-hybridized carbons (Fsp3) is 0.367. The summed E-state index contributed by atoms with van der Waals surface area (Å²) in [7, 11) is 0. The average molecular weight is 477 g/mol. The lowest BCUT2D eigenvalue weighted by atomic mass is 9.77. The molecule has 0 unspecified atom stereocenters.